The first-order valence-electron chi connectivity index (χ1n) is 45.9. The first kappa shape index (κ1) is 131. The Morgan fingerprint density at radius 3 is 0.883 bits per heavy atom. The van der Waals surface area contributed by atoms with E-state index in [-0.39, 0.29) is 89.7 Å². The Morgan fingerprint density at radius 1 is 0.372 bits per heavy atom. The lowest BCUT2D eigenvalue weighted by Gasteiger charge is -2.36. The van der Waals surface area contributed by atoms with Crippen LogP contribution in [-0.4, -0.2) is 216 Å². The zero-order chi connectivity index (χ0) is 108. The van der Waals surface area contributed by atoms with Crippen LogP contribution in [0.3, 0.4) is 0 Å². The Kier molecular flexibility index (Phi) is 67.8. The average molecular weight is 2050 g/mol. The summed E-state index contributed by atoms with van der Waals surface area (Å²) in [5.74, 6) is 5.64. The molecule has 0 aliphatic rings. The minimum Gasteiger partial charge on any atom is -0.481 e. The van der Waals surface area contributed by atoms with Crippen LogP contribution in [0.2, 0.25) is 18.1 Å². The molecule has 7 amide bonds. The maximum Gasteiger partial charge on any atom is 0.333 e. The number of hydrogen-bond donors (Lipinski definition) is 16. The molecule has 38 nitrogen and oxygen atoms in total. The minimum atomic E-state index is -1.58. The van der Waals surface area contributed by atoms with Gasteiger partial charge < -0.3 is 102 Å². The summed E-state index contributed by atoms with van der Waals surface area (Å²) in [6.45, 7) is 26.6. The van der Waals surface area contributed by atoms with Gasteiger partial charge in [-0.3, -0.25) is 62.3 Å². The third-order valence-electron chi connectivity index (χ3n) is 20.3. The van der Waals surface area contributed by atoms with Crippen LogP contribution in [-0.2, 0) is 118 Å². The first-order valence-corrected chi connectivity index (χ1v) is 49.2. The van der Waals surface area contributed by atoms with E-state index in [1.165, 1.54) is 24.5 Å². The van der Waals surface area contributed by atoms with Gasteiger partial charge in [-0.1, -0.05) is 196 Å². The van der Waals surface area contributed by atoms with Crippen molar-refractivity contribution in [2.45, 2.75) is 158 Å². The lowest BCUT2D eigenvalue weighted by molar-refractivity contribution is -0.147. The van der Waals surface area contributed by atoms with Crippen molar-refractivity contribution in [2.75, 3.05) is 126 Å². The SMILES string of the molecule is C.CC(C)(C)[Si](C)(C)OCCNc1ccccc1.CCCN(C(=O)Cc1ccc(NC(=O)CC(=O)CO)cc1)c1ccccc1.CCCN(C(=O)Cc1ccc(NC(=O)CC(=O)ON)cc1)c1ccccc1.CCN(CC)CC.NO.NOC(=O)CC(=O)Nc1ccc(CC(=O)N(CCO)c2ccccc2)cc1.Nc1ccc(CC(=O)O)cc1.O=C(Cl)CC(=O)CO.O=C(O)Cc1ccc(NC(=O)CC(=O)CO)cc1. The number of carboxylic acid groups (broad SMARTS) is 2. The number of carboxylic acids is 2. The standard InChI is InChI=1S/C21H24N2O4.C20H23N3O4.C19H21N3O5.C14H25NOSi.C12H13NO5.C8H9NO2.C6H15N.C4H5ClO3.CH4.H3NO/c1-2-12-23(18-6-4-3-5-7-18)21(27)13-16-8-10-17(11-9-16)22-20(26)14-19(25)15-24;1-2-12-23(17-6-4-3-5-7-17)19(25)13-15-8-10-16(11-9-15)22-18(24)14-20(26)27-21;20-27-19(26)13-17(24)21-15-8-6-14(7-9-15)12-18(25)22(10-11-23)16-4-2-1-3-5-16;1-14(2,3)17(4,5)16-12-11-15-13-9-7-6-8-10-13;14-7-10(15)6-11(16)13-9-3-1-8(2-4-9)5-12(17)18;9-7-3-1-6(2-4-7)5-8(10)11;1-4-7(5-2)6-3;5-4(8)1-3(7)2-6;;1-2/h3-11,24H,2,12-15H2,1H3,(H,22,26);3-11H,2,12-14,21H2,1H3,(H,22,24);1-9,23H,10-13,20H2,(H,21,24);6-10,15H,11-12H2,1-5H3;1-4,14H,5-7H2,(H,13,16)(H,17,18);1-4H,5,9H2,(H,10,11);4-6H2,1-3H3;6H,1-2H2;1H4;2H,1H2. The van der Waals surface area contributed by atoms with E-state index in [0.717, 1.165) is 65.3 Å². The quantitative estimate of drug-likeness (QED) is 0.00421. The van der Waals surface area contributed by atoms with E-state index in [0.29, 0.717) is 57.8 Å². The van der Waals surface area contributed by atoms with Crippen LogP contribution in [0.15, 0.2) is 243 Å². The fourth-order valence-corrected chi connectivity index (χ4v) is 13.2. The molecule has 9 rings (SSSR count). The van der Waals surface area contributed by atoms with Gasteiger partial charge in [0.05, 0.1) is 64.6 Å². The number of nitrogens with zero attached hydrogens (tertiary/aromatic N) is 4. The summed E-state index contributed by atoms with van der Waals surface area (Å²) in [5, 5.41) is 71.0. The summed E-state index contributed by atoms with van der Waals surface area (Å²) < 4.78 is 6.09. The first-order chi connectivity index (χ1) is 68.6. The van der Waals surface area contributed by atoms with Crippen molar-refractivity contribution in [1.82, 2.24) is 4.90 Å². The van der Waals surface area contributed by atoms with E-state index in [9.17, 15) is 77.0 Å². The molecule has 0 heterocycles. The number of nitrogens with two attached hydrogens (primary N) is 4. The van der Waals surface area contributed by atoms with Gasteiger partial charge in [0.15, 0.2) is 25.7 Å². The van der Waals surface area contributed by atoms with Gasteiger partial charge in [-0.2, -0.15) is 11.8 Å². The molecule has 0 aliphatic carbocycles. The summed E-state index contributed by atoms with van der Waals surface area (Å²) in [4.78, 5) is 184. The van der Waals surface area contributed by atoms with Crippen LogP contribution in [0.4, 0.5) is 51.2 Å². The second-order valence-corrected chi connectivity index (χ2v) is 37.8. The van der Waals surface area contributed by atoms with Gasteiger partial charge >= 0.3 is 23.9 Å². The largest absolute Gasteiger partial charge is 0.481 e. The van der Waals surface area contributed by atoms with Crippen LogP contribution in [0, 0.1) is 0 Å². The van der Waals surface area contributed by atoms with Crippen LogP contribution < -0.4 is 64.7 Å². The number of ketones is 3. The molecule has 9 aromatic carbocycles. The van der Waals surface area contributed by atoms with Crippen molar-refractivity contribution < 1.29 is 122 Å². The number of anilines is 9. The normalized spacial score (nSPS) is 10.1. The van der Waals surface area contributed by atoms with Crippen molar-refractivity contribution in [3.8, 4) is 0 Å². The number of para-hydroxylation sites is 4. The fourth-order valence-electron chi connectivity index (χ4n) is 12.0. The molecule has 0 unspecified atom stereocenters. The third kappa shape index (κ3) is 58.7. The molecule has 0 saturated heterocycles. The van der Waals surface area contributed by atoms with E-state index in [1.807, 2.05) is 111 Å². The van der Waals surface area contributed by atoms with Gasteiger partial charge in [0, 0.05) is 77.4 Å². The summed E-state index contributed by atoms with van der Waals surface area (Å²) in [6, 6.07) is 72.1. The number of carbonyl (C=O) groups excluding carboxylic acids is 13. The molecule has 9 aromatic rings. The molecule has 0 aromatic heterocycles. The van der Waals surface area contributed by atoms with Crippen molar-refractivity contribution in [3.63, 3.8) is 0 Å². The fraction of sp³-hybridized carbons (Fsp3) is 0.343. The Labute approximate surface area is 853 Å². The predicted molar refractivity (Wildman–Crippen MR) is 564 cm³/mol. The monoisotopic (exact) mass is 2050 g/mol. The maximum atomic E-state index is 12.7. The molecule has 0 atom stereocenters. The Hall–Kier alpha value is -14.5. The minimum absolute atomic E-state index is 0. The number of amides is 7. The van der Waals surface area contributed by atoms with E-state index in [4.69, 9.17) is 58.4 Å². The Bertz CT molecular complexity index is 5000. The summed E-state index contributed by atoms with van der Waals surface area (Å²) >= 11 is 4.78. The van der Waals surface area contributed by atoms with Crippen molar-refractivity contribution in [1.29, 1.82) is 0 Å². The molecule has 788 valence electrons. The van der Waals surface area contributed by atoms with Gasteiger partial charge in [0.2, 0.25) is 46.6 Å². The number of aliphatic carboxylic acids is 2. The number of halogens is 1. The highest BCUT2D eigenvalue weighted by Crippen LogP contribution is 2.36. The van der Waals surface area contributed by atoms with Gasteiger partial charge in [0.25, 0.3) is 0 Å². The number of aliphatic hydroxyl groups excluding tert-OH is 4. The predicted octanol–water partition coefficient (Wildman–Crippen LogP) is 12.2. The van der Waals surface area contributed by atoms with E-state index < -0.39 is 111 Å². The Morgan fingerprint density at radius 2 is 0.641 bits per heavy atom. The van der Waals surface area contributed by atoms with E-state index >= 15 is 0 Å². The molecule has 0 fully saturated rings. The number of hydrogen-bond acceptors (Lipinski definition) is 29. The number of nitrogens with one attached hydrogen (secondary N) is 5. The number of benzene rings is 9. The van der Waals surface area contributed by atoms with Gasteiger partial charge in [0.1, 0.15) is 32.7 Å². The van der Waals surface area contributed by atoms with Gasteiger partial charge in [-0.15, -0.1) is 0 Å². The Balaban J connectivity index is 0.00000168. The molecule has 0 saturated carbocycles. The van der Waals surface area contributed by atoms with Crippen molar-refractivity contribution in [2.24, 2.45) is 17.7 Å². The third-order valence-corrected chi connectivity index (χ3v) is 25.0. The highest BCUT2D eigenvalue weighted by atomic mass is 35.5. The second-order valence-electron chi connectivity index (χ2n) is 32.6. The lowest BCUT2D eigenvalue weighted by atomic mass is 10.1. The molecule has 0 aliphatic heterocycles. The molecule has 145 heavy (non-hydrogen) atoms. The molecule has 0 radical (unpaired) electrons. The molecular weight excluding hydrogens is 1910 g/mol. The highest BCUT2D eigenvalue weighted by molar-refractivity contribution is 6.74. The van der Waals surface area contributed by atoms with Crippen LogP contribution in [0.25, 0.3) is 0 Å². The summed E-state index contributed by atoms with van der Waals surface area (Å²) in [7, 11) is -1.58. The maximum absolute atomic E-state index is 12.7. The summed E-state index contributed by atoms with van der Waals surface area (Å²) in [5.41, 5.74) is 15.5. The molecular formula is C105H142ClN13O25Si. The topological polar surface area (TPSA) is 603 Å². The number of carbonyl (C=O) groups is 15. The number of aliphatic hydroxyl groups is 4. The van der Waals surface area contributed by atoms with Crippen LogP contribution in [0.5, 0.6) is 0 Å². The molecule has 20 N–H and O–H groups in total. The zero-order valence-corrected chi connectivity index (χ0v) is 84.8. The average Bonchev–Trinajstić information content (AvgIpc) is 0.770. The molecule has 40 heteroatoms. The van der Waals surface area contributed by atoms with Crippen LogP contribution in [0.1, 0.15) is 136 Å². The number of Topliss-reactive ketones (excluding diaryl/α,β-unsaturated/α-hetero) is 3. The molecule has 0 spiro atoms. The van der Waals surface area contributed by atoms with E-state index in [1.54, 1.807) is 143 Å². The summed E-state index contributed by atoms with van der Waals surface area (Å²) in [6.07, 6.45) is 0.277. The van der Waals surface area contributed by atoms with Crippen LogP contribution >= 0.6 is 11.6 Å². The van der Waals surface area contributed by atoms with Gasteiger partial charge in [-0.25, -0.2) is 15.5 Å². The highest BCUT2D eigenvalue weighted by Gasteiger charge is 2.37. The second kappa shape index (κ2) is 75.3. The smallest absolute Gasteiger partial charge is 0.333 e. The van der Waals surface area contributed by atoms with Crippen molar-refractivity contribution in [3.05, 3.63) is 270 Å². The number of nitrogen functional groups attached to an aromatic ring is 1. The van der Waals surface area contributed by atoms with Crippen molar-refractivity contribution >= 4 is 159 Å². The molecule has 0 bridgehead atoms. The number of rotatable bonds is 44. The zero-order valence-electron chi connectivity index (χ0n) is 83.0. The lowest BCUT2D eigenvalue weighted by Crippen LogP contribution is -2.41. The van der Waals surface area contributed by atoms with E-state index in [2.05, 4.69) is 120 Å². The van der Waals surface area contributed by atoms with Gasteiger partial charge in [-0.05, 0) is 199 Å².